The summed E-state index contributed by atoms with van der Waals surface area (Å²) in [5.41, 5.74) is 2.34. The van der Waals surface area contributed by atoms with Gasteiger partial charge in [0, 0.05) is 19.2 Å². The molecule has 0 spiro atoms. The molecule has 0 saturated heterocycles. The predicted octanol–water partition coefficient (Wildman–Crippen LogP) is 2.49. The third-order valence-electron chi connectivity index (χ3n) is 4.22. The van der Waals surface area contributed by atoms with Gasteiger partial charge in [0.2, 0.25) is 0 Å². The second-order valence-electron chi connectivity index (χ2n) is 6.38. The Morgan fingerprint density at radius 3 is 2.55 bits per heavy atom. The highest BCUT2D eigenvalue weighted by Gasteiger charge is 2.11. The van der Waals surface area contributed by atoms with Gasteiger partial charge >= 0.3 is 6.03 Å². The van der Waals surface area contributed by atoms with E-state index >= 15 is 0 Å². The second-order valence-corrected chi connectivity index (χ2v) is 7.59. The molecule has 3 rings (SSSR count). The lowest BCUT2D eigenvalue weighted by Crippen LogP contribution is -2.38. The minimum absolute atomic E-state index is 0.215. The van der Waals surface area contributed by atoms with Crippen LogP contribution in [0, 0.1) is 13.8 Å². The average molecular weight is 414 g/mol. The van der Waals surface area contributed by atoms with E-state index in [1.165, 1.54) is 10.7 Å². The summed E-state index contributed by atoms with van der Waals surface area (Å²) in [6.45, 7) is 4.81. The van der Waals surface area contributed by atoms with E-state index < -0.39 is 0 Å². The van der Waals surface area contributed by atoms with Crippen LogP contribution in [0.15, 0.2) is 41.2 Å². The lowest BCUT2D eigenvalue weighted by atomic mass is 10.2. The number of amides is 2. The number of thiazole rings is 1. The van der Waals surface area contributed by atoms with Crippen LogP contribution in [-0.4, -0.2) is 34.5 Å². The molecule has 9 heteroatoms. The van der Waals surface area contributed by atoms with Gasteiger partial charge < -0.3 is 15.4 Å². The zero-order valence-corrected chi connectivity index (χ0v) is 17.4. The molecule has 0 aliphatic carbocycles. The van der Waals surface area contributed by atoms with Gasteiger partial charge in [-0.25, -0.2) is 14.5 Å². The first-order valence-electron chi connectivity index (χ1n) is 9.13. The van der Waals surface area contributed by atoms with Crippen LogP contribution in [0.5, 0.6) is 5.75 Å². The third-order valence-corrected chi connectivity index (χ3v) is 5.32. The maximum absolute atomic E-state index is 12.1. The molecule has 1 aromatic carbocycles. The predicted molar refractivity (Wildman–Crippen MR) is 112 cm³/mol. The van der Waals surface area contributed by atoms with E-state index in [0.29, 0.717) is 12.2 Å². The summed E-state index contributed by atoms with van der Waals surface area (Å²) in [7, 11) is 1.61. The van der Waals surface area contributed by atoms with Crippen molar-refractivity contribution in [1.29, 1.82) is 0 Å². The normalized spacial score (nSPS) is 10.6. The fraction of sp³-hybridized carbons (Fsp3) is 0.300. The van der Waals surface area contributed by atoms with Gasteiger partial charge in [0.05, 0.1) is 29.2 Å². The van der Waals surface area contributed by atoms with Crippen molar-refractivity contribution in [3.63, 3.8) is 0 Å². The largest absolute Gasteiger partial charge is 0.497 e. The molecule has 0 aliphatic rings. The monoisotopic (exact) mass is 413 g/mol. The molecule has 0 radical (unpaired) electrons. The SMILES string of the molecule is COc1ccc(CNC(=O)NCCn2nc(-c3sc(C)nc3C)ccc2=O)cc1. The van der Waals surface area contributed by atoms with Crippen molar-refractivity contribution < 1.29 is 9.53 Å². The minimum Gasteiger partial charge on any atom is -0.497 e. The van der Waals surface area contributed by atoms with Crippen molar-refractivity contribution in [2.75, 3.05) is 13.7 Å². The van der Waals surface area contributed by atoms with E-state index in [1.807, 2.05) is 38.1 Å². The zero-order chi connectivity index (χ0) is 20.8. The molecular weight excluding hydrogens is 390 g/mol. The van der Waals surface area contributed by atoms with Crippen LogP contribution in [0.25, 0.3) is 10.6 Å². The number of hydrogen-bond donors (Lipinski definition) is 2. The Balaban J connectivity index is 1.53. The van der Waals surface area contributed by atoms with Gasteiger partial charge in [0.25, 0.3) is 5.56 Å². The Morgan fingerprint density at radius 1 is 1.14 bits per heavy atom. The number of urea groups is 1. The first-order chi connectivity index (χ1) is 14.0. The molecule has 2 N–H and O–H groups in total. The van der Waals surface area contributed by atoms with Crippen LogP contribution in [0.4, 0.5) is 4.79 Å². The topological polar surface area (TPSA) is 98.1 Å². The van der Waals surface area contributed by atoms with E-state index in [-0.39, 0.29) is 24.7 Å². The van der Waals surface area contributed by atoms with Crippen molar-refractivity contribution in [3.05, 3.63) is 63.0 Å². The highest BCUT2D eigenvalue weighted by atomic mass is 32.1. The molecule has 152 valence electrons. The Morgan fingerprint density at radius 2 is 1.90 bits per heavy atom. The fourth-order valence-electron chi connectivity index (χ4n) is 2.76. The molecule has 0 bridgehead atoms. The number of methoxy groups -OCH3 is 1. The van der Waals surface area contributed by atoms with Crippen LogP contribution in [0.2, 0.25) is 0 Å². The summed E-state index contributed by atoms with van der Waals surface area (Å²) in [6, 6.07) is 10.3. The van der Waals surface area contributed by atoms with E-state index in [2.05, 4.69) is 20.7 Å². The van der Waals surface area contributed by atoms with E-state index in [9.17, 15) is 9.59 Å². The summed E-state index contributed by atoms with van der Waals surface area (Å²) in [4.78, 5) is 29.4. The first kappa shape index (κ1) is 20.5. The number of carbonyl (C=O) groups excluding carboxylic acids is 1. The summed E-state index contributed by atoms with van der Waals surface area (Å²) < 4.78 is 6.46. The van der Waals surface area contributed by atoms with Crippen molar-refractivity contribution in [2.24, 2.45) is 0 Å². The Hall–Kier alpha value is -3.20. The lowest BCUT2D eigenvalue weighted by Gasteiger charge is -2.10. The molecule has 0 aliphatic heterocycles. The van der Waals surface area contributed by atoms with Crippen molar-refractivity contribution >= 4 is 17.4 Å². The lowest BCUT2D eigenvalue weighted by molar-refractivity contribution is 0.240. The maximum Gasteiger partial charge on any atom is 0.315 e. The van der Waals surface area contributed by atoms with Crippen LogP contribution >= 0.6 is 11.3 Å². The molecule has 2 amide bonds. The molecule has 0 saturated carbocycles. The number of carbonyl (C=O) groups is 1. The van der Waals surface area contributed by atoms with Crippen molar-refractivity contribution in [2.45, 2.75) is 26.9 Å². The number of rotatable bonds is 7. The Labute approximate surface area is 172 Å². The second kappa shape index (κ2) is 9.33. The van der Waals surface area contributed by atoms with Gasteiger partial charge in [-0.3, -0.25) is 4.79 Å². The molecular formula is C20H23N5O3S. The molecule has 0 fully saturated rings. The van der Waals surface area contributed by atoms with Gasteiger partial charge in [-0.15, -0.1) is 11.3 Å². The summed E-state index contributed by atoms with van der Waals surface area (Å²) in [6.07, 6.45) is 0. The standard InChI is InChI=1S/C20H23N5O3S/c1-13-19(29-14(2)23-13)17-8-9-18(26)25(24-17)11-10-21-20(27)22-12-15-4-6-16(28-3)7-5-15/h4-9H,10-12H2,1-3H3,(H2,21,22,27). The van der Waals surface area contributed by atoms with E-state index in [1.54, 1.807) is 24.5 Å². The number of nitrogens with one attached hydrogen (secondary N) is 2. The zero-order valence-electron chi connectivity index (χ0n) is 16.6. The highest BCUT2D eigenvalue weighted by Crippen LogP contribution is 2.27. The number of aromatic nitrogens is 3. The van der Waals surface area contributed by atoms with Crippen molar-refractivity contribution in [1.82, 2.24) is 25.4 Å². The minimum atomic E-state index is -0.307. The molecule has 3 aromatic rings. The van der Waals surface area contributed by atoms with Gasteiger partial charge in [-0.2, -0.15) is 5.10 Å². The molecule has 2 heterocycles. The number of nitrogens with zero attached hydrogens (tertiary/aromatic N) is 3. The van der Waals surface area contributed by atoms with Crippen LogP contribution in [-0.2, 0) is 13.1 Å². The number of aryl methyl sites for hydroxylation is 2. The summed E-state index contributed by atoms with van der Waals surface area (Å²) in [5, 5.41) is 10.9. The number of ether oxygens (including phenoxy) is 1. The summed E-state index contributed by atoms with van der Waals surface area (Å²) in [5.74, 6) is 0.766. The van der Waals surface area contributed by atoms with Crippen molar-refractivity contribution in [3.8, 4) is 16.3 Å². The van der Waals surface area contributed by atoms with E-state index in [0.717, 1.165) is 26.9 Å². The van der Waals surface area contributed by atoms with Crippen LogP contribution < -0.4 is 20.9 Å². The third kappa shape index (κ3) is 5.41. The maximum atomic E-state index is 12.1. The highest BCUT2D eigenvalue weighted by molar-refractivity contribution is 7.15. The number of benzene rings is 1. The average Bonchev–Trinajstić information content (AvgIpc) is 3.06. The van der Waals surface area contributed by atoms with Crippen LogP contribution in [0.3, 0.4) is 0 Å². The summed E-state index contributed by atoms with van der Waals surface area (Å²) >= 11 is 1.54. The number of hydrogen-bond acceptors (Lipinski definition) is 6. The van der Waals surface area contributed by atoms with E-state index in [4.69, 9.17) is 4.74 Å². The van der Waals surface area contributed by atoms with Crippen LogP contribution in [0.1, 0.15) is 16.3 Å². The molecule has 2 aromatic heterocycles. The van der Waals surface area contributed by atoms with Gasteiger partial charge in [0.15, 0.2) is 0 Å². The van der Waals surface area contributed by atoms with Gasteiger partial charge in [-0.1, -0.05) is 12.1 Å². The van der Waals surface area contributed by atoms with Gasteiger partial charge in [0.1, 0.15) is 11.4 Å². The van der Waals surface area contributed by atoms with Gasteiger partial charge in [-0.05, 0) is 37.6 Å². The fourth-order valence-corrected chi connectivity index (χ4v) is 3.65. The first-order valence-corrected chi connectivity index (χ1v) is 9.95. The molecule has 0 unspecified atom stereocenters. The quantitative estimate of drug-likeness (QED) is 0.620. The Bertz CT molecular complexity index is 1040. The molecule has 0 atom stereocenters. The smallest absolute Gasteiger partial charge is 0.315 e. The molecule has 29 heavy (non-hydrogen) atoms. The molecule has 8 nitrogen and oxygen atoms in total. The Kier molecular flexibility index (Phi) is 6.61.